The molecule has 0 amide bonds. The van der Waals surface area contributed by atoms with Crippen molar-refractivity contribution < 1.29 is 93.5 Å². The number of ether oxygens (including phenoxy) is 7. The molecule has 0 radical (unpaired) electrons. The molecule has 3 saturated heterocycles. The summed E-state index contributed by atoms with van der Waals surface area (Å²) in [4.78, 5) is 35.1. The van der Waals surface area contributed by atoms with Gasteiger partial charge in [0.15, 0.2) is 37.2 Å². The van der Waals surface area contributed by atoms with Gasteiger partial charge in [0.25, 0.3) is 0 Å². The zero-order valence-electron chi connectivity index (χ0n) is 20.3. The van der Waals surface area contributed by atoms with E-state index >= 15 is 0 Å². The zero-order chi connectivity index (χ0) is 29.3. The minimum atomic E-state index is -2.23. The zero-order valence-corrected chi connectivity index (χ0v) is 20.3. The predicted octanol–water partition coefficient (Wildman–Crippen LogP) is -5.99. The Bertz CT molecular complexity index is 885. The summed E-state index contributed by atoms with van der Waals surface area (Å²) >= 11 is 0. The number of aliphatic carboxylic acids is 3. The Morgan fingerprint density at radius 2 is 0.795 bits per heavy atom. The molecule has 3 aliphatic heterocycles. The second-order valence-electron chi connectivity index (χ2n) is 8.87. The molecule has 0 saturated carbocycles. The number of hydrogen-bond donors (Lipinski definition) is 9. The molecule has 0 spiro atoms. The van der Waals surface area contributed by atoms with E-state index in [0.29, 0.717) is 0 Å². The molecule has 3 aliphatic rings. The highest BCUT2D eigenvalue weighted by molar-refractivity contribution is 5.74. The van der Waals surface area contributed by atoms with Crippen molar-refractivity contribution in [3.8, 4) is 0 Å². The Morgan fingerprint density at radius 1 is 0.487 bits per heavy atom. The van der Waals surface area contributed by atoms with Crippen molar-refractivity contribution in [2.45, 2.75) is 92.1 Å². The summed E-state index contributed by atoms with van der Waals surface area (Å²) in [5, 5.41) is 90.8. The molecule has 3 fully saturated rings. The lowest BCUT2D eigenvalue weighted by atomic mass is 9.95. The van der Waals surface area contributed by atoms with Crippen LogP contribution in [0, 0.1) is 0 Å². The Hall–Kier alpha value is -2.11. The summed E-state index contributed by atoms with van der Waals surface area (Å²) in [5.74, 6) is -5.16. The van der Waals surface area contributed by atoms with Crippen molar-refractivity contribution in [1.82, 2.24) is 0 Å². The number of carbonyl (C=O) groups is 3. The first-order valence-electron chi connectivity index (χ1n) is 11.3. The fourth-order valence-electron chi connectivity index (χ4n) is 4.40. The Kier molecular flexibility index (Phi) is 10.1. The van der Waals surface area contributed by atoms with Crippen molar-refractivity contribution in [2.75, 3.05) is 14.2 Å². The van der Waals surface area contributed by atoms with Crippen LogP contribution < -0.4 is 0 Å². The van der Waals surface area contributed by atoms with E-state index in [1.807, 2.05) is 0 Å². The van der Waals surface area contributed by atoms with Gasteiger partial charge in [-0.2, -0.15) is 0 Å². The summed E-state index contributed by atoms with van der Waals surface area (Å²) in [5.41, 5.74) is 0. The van der Waals surface area contributed by atoms with Gasteiger partial charge in [-0.1, -0.05) is 0 Å². The standard InChI is InChI=1S/C20H30O19/c1-33-9-3(21)7(25)19(38-12(9)15(27)28)36-11-5(23)8(26)20(39-14(11)17(31)32)35-10-4(22)6(24)18(34-2)37-13(10)16(29)30/h3-14,18-26H,1-2H3,(H,27,28)(H,29,30)(H,31,32)/t3-,4?,5?,6?,7?,8+,9-,10?,11+,12?,13?,14?,18?,19-,20+/m1/s1. The molecule has 19 nitrogen and oxygen atoms in total. The smallest absolute Gasteiger partial charge is 0.335 e. The summed E-state index contributed by atoms with van der Waals surface area (Å²) in [7, 11) is 2.09. The Balaban J connectivity index is 1.81. The first-order valence-corrected chi connectivity index (χ1v) is 11.3. The number of carboxylic acid groups (broad SMARTS) is 3. The quantitative estimate of drug-likeness (QED) is 0.124. The van der Waals surface area contributed by atoms with Crippen LogP contribution in [0.3, 0.4) is 0 Å². The molecule has 15 atom stereocenters. The van der Waals surface area contributed by atoms with E-state index in [1.165, 1.54) is 0 Å². The van der Waals surface area contributed by atoms with Crippen molar-refractivity contribution in [3.63, 3.8) is 0 Å². The third-order valence-electron chi connectivity index (χ3n) is 6.45. The van der Waals surface area contributed by atoms with E-state index in [-0.39, 0.29) is 0 Å². The molecule has 0 aromatic heterocycles. The first-order chi connectivity index (χ1) is 18.2. The van der Waals surface area contributed by atoms with E-state index in [2.05, 4.69) is 0 Å². The van der Waals surface area contributed by atoms with Crippen molar-refractivity contribution >= 4 is 17.9 Å². The van der Waals surface area contributed by atoms with Gasteiger partial charge in [0, 0.05) is 14.2 Å². The van der Waals surface area contributed by atoms with Crippen LogP contribution in [-0.4, -0.2) is 170 Å². The Morgan fingerprint density at radius 3 is 1.13 bits per heavy atom. The number of carboxylic acids is 3. The minimum Gasteiger partial charge on any atom is -0.479 e. The second-order valence-corrected chi connectivity index (χ2v) is 8.87. The van der Waals surface area contributed by atoms with Gasteiger partial charge < -0.3 is 79.1 Å². The number of rotatable bonds is 9. The van der Waals surface area contributed by atoms with Crippen molar-refractivity contribution in [1.29, 1.82) is 0 Å². The van der Waals surface area contributed by atoms with Crippen LogP contribution in [0.2, 0.25) is 0 Å². The summed E-state index contributed by atoms with van der Waals surface area (Å²) in [6.45, 7) is 0. The van der Waals surface area contributed by atoms with E-state index in [9.17, 15) is 60.3 Å². The van der Waals surface area contributed by atoms with Crippen molar-refractivity contribution in [2.24, 2.45) is 0 Å². The molecule has 3 heterocycles. The lowest BCUT2D eigenvalue weighted by Gasteiger charge is -2.47. The maximum atomic E-state index is 11.9. The fraction of sp³-hybridized carbons (Fsp3) is 0.850. The van der Waals surface area contributed by atoms with Crippen LogP contribution in [0.4, 0.5) is 0 Å². The van der Waals surface area contributed by atoms with Crippen LogP contribution in [0.15, 0.2) is 0 Å². The molecule has 0 bridgehead atoms. The number of methoxy groups -OCH3 is 2. The predicted molar refractivity (Wildman–Crippen MR) is 112 cm³/mol. The summed E-state index contributed by atoms with van der Waals surface area (Å²) in [6.07, 6.45) is -29.7. The largest absolute Gasteiger partial charge is 0.479 e. The average molecular weight is 574 g/mol. The lowest BCUT2D eigenvalue weighted by Crippen LogP contribution is -2.67. The first kappa shape index (κ1) is 31.4. The van der Waals surface area contributed by atoms with Crippen molar-refractivity contribution in [3.05, 3.63) is 0 Å². The molecule has 224 valence electrons. The molecule has 0 aromatic rings. The van der Waals surface area contributed by atoms with Gasteiger partial charge in [0.2, 0.25) is 0 Å². The Labute approximate surface area is 218 Å². The molecule has 0 aliphatic carbocycles. The van der Waals surface area contributed by atoms with E-state index in [4.69, 9.17) is 33.2 Å². The highest BCUT2D eigenvalue weighted by Crippen LogP contribution is 2.33. The molecule has 39 heavy (non-hydrogen) atoms. The lowest BCUT2D eigenvalue weighted by molar-refractivity contribution is -0.369. The van der Waals surface area contributed by atoms with E-state index in [0.717, 1.165) is 14.2 Å². The van der Waals surface area contributed by atoms with Crippen LogP contribution in [-0.2, 0) is 47.5 Å². The van der Waals surface area contributed by atoms with Gasteiger partial charge in [0.05, 0.1) is 0 Å². The topological polar surface area (TPSA) is 298 Å². The SMILES string of the molecule is COC1OC(C(=O)O)C(O[C@H]2OC(C(=O)O)[C@@H](O[C@@H]3OC(C(=O)O)[C@H](OC)[C@H](O)C3O)C(O)[C@@H]2O)C(O)C1O. The summed E-state index contributed by atoms with van der Waals surface area (Å²) < 4.78 is 35.4. The molecule has 9 N–H and O–H groups in total. The fourth-order valence-corrected chi connectivity index (χ4v) is 4.40. The molecule has 9 unspecified atom stereocenters. The molecular weight excluding hydrogens is 544 g/mol. The third-order valence-corrected chi connectivity index (χ3v) is 6.45. The third kappa shape index (κ3) is 6.15. The van der Waals surface area contributed by atoms with E-state index < -0.39 is 110 Å². The molecule has 0 aromatic carbocycles. The summed E-state index contributed by atoms with van der Waals surface area (Å²) in [6, 6.07) is 0. The van der Waals surface area contributed by atoms with Crippen LogP contribution in [0.25, 0.3) is 0 Å². The van der Waals surface area contributed by atoms with Gasteiger partial charge in [-0.3, -0.25) is 0 Å². The second kappa shape index (κ2) is 12.6. The molecular formula is C20H30O19. The van der Waals surface area contributed by atoms with E-state index in [1.54, 1.807) is 0 Å². The molecule has 3 rings (SSSR count). The van der Waals surface area contributed by atoms with Gasteiger partial charge in [0.1, 0.15) is 54.9 Å². The van der Waals surface area contributed by atoms with Gasteiger partial charge in [-0.25, -0.2) is 14.4 Å². The molecule has 19 heteroatoms. The van der Waals surface area contributed by atoms with Gasteiger partial charge >= 0.3 is 17.9 Å². The average Bonchev–Trinajstić information content (AvgIpc) is 2.88. The minimum absolute atomic E-state index is 1.04. The monoisotopic (exact) mass is 574 g/mol. The number of hydrogen-bond acceptors (Lipinski definition) is 16. The normalized spacial score (nSPS) is 46.9. The maximum Gasteiger partial charge on any atom is 0.335 e. The van der Waals surface area contributed by atoms with Crippen LogP contribution >= 0.6 is 0 Å². The highest BCUT2D eigenvalue weighted by atomic mass is 16.8. The van der Waals surface area contributed by atoms with Gasteiger partial charge in [-0.15, -0.1) is 0 Å². The number of aliphatic hydroxyl groups excluding tert-OH is 6. The maximum absolute atomic E-state index is 11.9. The highest BCUT2D eigenvalue weighted by Gasteiger charge is 2.56. The van der Waals surface area contributed by atoms with Crippen LogP contribution in [0.5, 0.6) is 0 Å². The van der Waals surface area contributed by atoms with Crippen LogP contribution in [0.1, 0.15) is 0 Å². The van der Waals surface area contributed by atoms with Gasteiger partial charge in [-0.05, 0) is 0 Å². The number of aliphatic hydroxyl groups is 6.